The summed E-state index contributed by atoms with van der Waals surface area (Å²) in [6, 6.07) is 23.5. The Morgan fingerprint density at radius 3 is 2.27 bits per heavy atom. The monoisotopic (exact) mass is 744 g/mol. The van der Waals surface area contributed by atoms with Crippen LogP contribution in [0.4, 0.5) is 11.5 Å². The molecule has 0 aliphatic rings. The quantitative estimate of drug-likeness (QED) is 0.0245. The van der Waals surface area contributed by atoms with Gasteiger partial charge in [-0.15, -0.1) is 0 Å². The fourth-order valence-electron chi connectivity index (χ4n) is 6.32. The molecule has 0 aliphatic carbocycles. The Kier molecular flexibility index (Phi) is 14.4. The zero-order chi connectivity index (χ0) is 39.2. The molecule has 55 heavy (non-hydrogen) atoms. The molecule has 0 spiro atoms. The second-order valence-electron chi connectivity index (χ2n) is 12.8. The molecule has 0 fully saturated rings. The molecule has 0 atom stereocenters. The number of amides is 2. The van der Waals surface area contributed by atoms with Gasteiger partial charge in [0.2, 0.25) is 6.41 Å². The van der Waals surface area contributed by atoms with Crippen molar-refractivity contribution < 1.29 is 24.2 Å². The number of rotatable bonds is 20. The molecule has 286 valence electrons. The number of carbonyl (C=O) groups excluding carboxylic acids is 2. The van der Waals surface area contributed by atoms with E-state index in [1.54, 1.807) is 36.4 Å². The van der Waals surface area contributed by atoms with Crippen LogP contribution in [0.5, 0.6) is 5.75 Å². The lowest BCUT2D eigenvalue weighted by Crippen LogP contribution is -2.27. The topological polar surface area (TPSA) is 211 Å². The third kappa shape index (κ3) is 10.5. The van der Waals surface area contributed by atoms with E-state index < -0.39 is 0 Å². The van der Waals surface area contributed by atoms with Crippen molar-refractivity contribution in [2.24, 2.45) is 0 Å². The van der Waals surface area contributed by atoms with Crippen molar-refractivity contribution in [3.05, 3.63) is 113 Å². The normalized spacial score (nSPS) is 10.9. The summed E-state index contributed by atoms with van der Waals surface area (Å²) in [5, 5.41) is 27.0. The Hall–Kier alpha value is -6.15. The molecule has 13 nitrogen and oxygen atoms in total. The molecule has 5 rings (SSSR count). The number of benzene rings is 3. The summed E-state index contributed by atoms with van der Waals surface area (Å²) in [6.07, 6.45) is 2.54. The number of aryl methyl sites for hydroxylation is 1. The number of aromatic nitrogens is 2. The van der Waals surface area contributed by atoms with Gasteiger partial charge >= 0.3 is 0 Å². The Morgan fingerprint density at radius 2 is 1.55 bits per heavy atom. The Morgan fingerprint density at radius 1 is 0.836 bits per heavy atom. The number of pyridine rings is 2. The average Bonchev–Trinajstić information content (AvgIpc) is 3.20. The molecule has 0 unspecified atom stereocenters. The van der Waals surface area contributed by atoms with Crippen LogP contribution in [0.3, 0.4) is 0 Å². The second-order valence-corrected chi connectivity index (χ2v) is 12.8. The maximum Gasteiger partial charge on any atom is 0.251 e. The Bertz CT molecular complexity index is 2110. The van der Waals surface area contributed by atoms with Crippen LogP contribution >= 0.6 is 0 Å². The number of anilines is 2. The summed E-state index contributed by atoms with van der Waals surface area (Å²) in [5.41, 5.74) is 22.2. The van der Waals surface area contributed by atoms with Crippen molar-refractivity contribution in [1.29, 1.82) is 5.41 Å². The van der Waals surface area contributed by atoms with E-state index in [1.165, 1.54) is 6.21 Å². The summed E-state index contributed by atoms with van der Waals surface area (Å²) < 4.78 is 11.5. The predicted octanol–water partition coefficient (Wildman–Crippen LogP) is 5.01. The fraction of sp³-hybridized carbons (Fsp3) is 0.262. The zero-order valence-corrected chi connectivity index (χ0v) is 31.2. The highest BCUT2D eigenvalue weighted by atomic mass is 16.5. The lowest BCUT2D eigenvalue weighted by atomic mass is 9.87. The lowest BCUT2D eigenvalue weighted by molar-refractivity contribution is -0.109. The first kappa shape index (κ1) is 40.0. The number of ether oxygens (including phenoxy) is 2. The summed E-state index contributed by atoms with van der Waals surface area (Å²) >= 11 is 0. The van der Waals surface area contributed by atoms with Crippen LogP contribution in [-0.2, 0) is 33.8 Å². The van der Waals surface area contributed by atoms with Gasteiger partial charge in [0.1, 0.15) is 11.6 Å². The van der Waals surface area contributed by atoms with Crippen LogP contribution in [0.15, 0.2) is 78.9 Å². The molecular weight excluding hydrogens is 697 g/mol. The minimum atomic E-state index is -0.202. The van der Waals surface area contributed by atoms with Crippen LogP contribution < -0.4 is 27.4 Å². The van der Waals surface area contributed by atoms with E-state index in [1.807, 2.05) is 49.4 Å². The minimum absolute atomic E-state index is 0.150. The first-order valence-electron chi connectivity index (χ1n) is 18.1. The number of phenols is 1. The fourth-order valence-corrected chi connectivity index (χ4v) is 6.32. The molecule has 5 aromatic rings. The molecule has 13 heteroatoms. The number of hydrogen-bond acceptors (Lipinski definition) is 11. The number of hydrogen-bond donors (Lipinski definition) is 7. The maximum absolute atomic E-state index is 12.8. The lowest BCUT2D eigenvalue weighted by Gasteiger charge is -2.22. The number of nitrogen functional groups attached to an aromatic ring is 2. The molecule has 0 saturated heterocycles. The standard InChI is InChI=1S/C42H48N8O5/c1-3-34-39(28-8-11-33(52)12-9-28)37(25-47-26-51)49-36(40(34)29-10-13-35(44)32(21-29)23-43)24-46-15-17-54-19-20-55-18-16-48-42(53)31-6-4-5-30(22-31)41-27(2)7-14-38(45)50-41/h4-14,21-23,26,43,46,52H,3,15-20,24-25,44H2,1-2H3,(H2,45,50)(H,47,51)(H,48,53). The van der Waals surface area contributed by atoms with Gasteiger partial charge in [0.05, 0.1) is 50.1 Å². The van der Waals surface area contributed by atoms with E-state index >= 15 is 0 Å². The van der Waals surface area contributed by atoms with Crippen molar-refractivity contribution >= 4 is 30.0 Å². The molecule has 0 bridgehead atoms. The van der Waals surface area contributed by atoms with Crippen LogP contribution in [0.2, 0.25) is 0 Å². The van der Waals surface area contributed by atoms with Gasteiger partial charge in [-0.2, -0.15) is 0 Å². The minimum Gasteiger partial charge on any atom is -0.508 e. The highest BCUT2D eigenvalue weighted by Crippen LogP contribution is 2.38. The second kappa shape index (κ2) is 19.8. The summed E-state index contributed by atoms with van der Waals surface area (Å²) in [6.45, 7) is 7.05. The van der Waals surface area contributed by atoms with Crippen LogP contribution in [0, 0.1) is 12.3 Å². The van der Waals surface area contributed by atoms with Gasteiger partial charge < -0.3 is 47.4 Å². The largest absolute Gasteiger partial charge is 0.508 e. The van der Waals surface area contributed by atoms with E-state index in [-0.39, 0.29) is 18.2 Å². The molecule has 0 saturated carbocycles. The van der Waals surface area contributed by atoms with Crippen molar-refractivity contribution in [3.8, 4) is 39.3 Å². The van der Waals surface area contributed by atoms with Crippen LogP contribution in [0.1, 0.15) is 45.4 Å². The smallest absolute Gasteiger partial charge is 0.251 e. The van der Waals surface area contributed by atoms with Crippen molar-refractivity contribution in [3.63, 3.8) is 0 Å². The first-order valence-corrected chi connectivity index (χ1v) is 18.1. The van der Waals surface area contributed by atoms with Gasteiger partial charge in [-0.1, -0.05) is 43.3 Å². The number of nitrogens with one attached hydrogen (secondary N) is 4. The van der Waals surface area contributed by atoms with E-state index in [0.29, 0.717) is 87.2 Å². The molecule has 2 heterocycles. The van der Waals surface area contributed by atoms with Crippen LogP contribution in [0.25, 0.3) is 33.5 Å². The third-order valence-electron chi connectivity index (χ3n) is 8.98. The van der Waals surface area contributed by atoms with Gasteiger partial charge in [-0.05, 0) is 78.1 Å². The van der Waals surface area contributed by atoms with Gasteiger partial charge in [0, 0.05) is 59.4 Å². The van der Waals surface area contributed by atoms with Crippen molar-refractivity contribution in [2.75, 3.05) is 51.0 Å². The molecule has 2 amide bonds. The number of nitrogens with two attached hydrogens (primary N) is 2. The molecule has 9 N–H and O–H groups in total. The van der Waals surface area contributed by atoms with E-state index in [2.05, 4.69) is 27.9 Å². The number of carbonyl (C=O) groups is 2. The highest BCUT2D eigenvalue weighted by Gasteiger charge is 2.22. The Balaban J connectivity index is 1.14. The van der Waals surface area contributed by atoms with E-state index in [0.717, 1.165) is 50.3 Å². The highest BCUT2D eigenvalue weighted by molar-refractivity contribution is 5.95. The summed E-state index contributed by atoms with van der Waals surface area (Å²) in [7, 11) is 0. The van der Waals surface area contributed by atoms with Crippen molar-refractivity contribution in [2.45, 2.75) is 33.4 Å². The number of nitrogens with zero attached hydrogens (tertiary/aromatic N) is 2. The molecule has 0 aliphatic heterocycles. The van der Waals surface area contributed by atoms with E-state index in [4.69, 9.17) is 31.3 Å². The molecule has 2 aromatic heterocycles. The average molecular weight is 745 g/mol. The molecule has 3 aromatic carbocycles. The van der Waals surface area contributed by atoms with Gasteiger partial charge in [-0.3, -0.25) is 14.6 Å². The van der Waals surface area contributed by atoms with Crippen LogP contribution in [-0.4, -0.2) is 73.1 Å². The maximum atomic E-state index is 12.8. The van der Waals surface area contributed by atoms with E-state index in [9.17, 15) is 14.7 Å². The predicted molar refractivity (Wildman–Crippen MR) is 216 cm³/mol. The number of phenolic OH excluding ortho intramolecular Hbond substituents is 1. The SMILES string of the molecule is CCc1c(-c2ccc(O)cc2)c(CNC=O)nc(CNCCOCCOCCNC(=O)c2cccc(-c3nc(N)ccc3C)c2)c1-c1ccc(N)c(C=N)c1. The Labute approximate surface area is 321 Å². The number of aromatic hydroxyl groups is 1. The van der Waals surface area contributed by atoms with Gasteiger partial charge in [0.15, 0.2) is 0 Å². The molecule has 0 radical (unpaired) electrons. The first-order chi connectivity index (χ1) is 26.7. The van der Waals surface area contributed by atoms with Crippen molar-refractivity contribution in [1.82, 2.24) is 25.9 Å². The van der Waals surface area contributed by atoms with Gasteiger partial charge in [-0.25, -0.2) is 4.98 Å². The third-order valence-corrected chi connectivity index (χ3v) is 8.98. The molecular formula is C42H48N8O5. The zero-order valence-electron chi connectivity index (χ0n) is 31.2. The summed E-state index contributed by atoms with van der Waals surface area (Å²) in [5.74, 6) is 0.372. The van der Waals surface area contributed by atoms with Gasteiger partial charge in [0.25, 0.3) is 5.91 Å². The summed E-state index contributed by atoms with van der Waals surface area (Å²) in [4.78, 5) is 33.6.